The largest absolute Gasteiger partial charge is 0.312 e. The first-order chi connectivity index (χ1) is 8.67. The van der Waals surface area contributed by atoms with Crippen LogP contribution < -0.4 is 5.32 Å². The maximum atomic E-state index is 3.42. The Labute approximate surface area is 112 Å². The van der Waals surface area contributed by atoms with Gasteiger partial charge in [-0.3, -0.25) is 0 Å². The fourth-order valence-electron chi connectivity index (χ4n) is 2.20. The van der Waals surface area contributed by atoms with Gasteiger partial charge in [-0.05, 0) is 39.5 Å². The van der Waals surface area contributed by atoms with Crippen molar-refractivity contribution in [1.29, 1.82) is 0 Å². The van der Waals surface area contributed by atoms with Gasteiger partial charge in [0.1, 0.15) is 0 Å². The molecule has 0 amide bonds. The molecule has 1 aromatic carbocycles. The number of hydrogen-bond acceptors (Lipinski definition) is 2. The monoisotopic (exact) mass is 248 g/mol. The van der Waals surface area contributed by atoms with Crippen LogP contribution in [-0.2, 0) is 0 Å². The minimum atomic E-state index is 0.428. The first-order valence-corrected chi connectivity index (χ1v) is 7.09. The fraction of sp³-hybridized carbons (Fsp3) is 0.625. The van der Waals surface area contributed by atoms with Gasteiger partial charge in [0.15, 0.2) is 0 Å². The van der Waals surface area contributed by atoms with Gasteiger partial charge in [0, 0.05) is 12.6 Å². The minimum absolute atomic E-state index is 0.428. The lowest BCUT2D eigenvalue weighted by Crippen LogP contribution is -2.31. The van der Waals surface area contributed by atoms with Crippen molar-refractivity contribution in [3.8, 4) is 0 Å². The van der Waals surface area contributed by atoms with Crippen LogP contribution in [0.5, 0.6) is 0 Å². The van der Waals surface area contributed by atoms with Crippen LogP contribution in [0.4, 0.5) is 0 Å². The van der Waals surface area contributed by atoms with Gasteiger partial charge in [-0.1, -0.05) is 49.6 Å². The summed E-state index contributed by atoms with van der Waals surface area (Å²) in [6.07, 6.45) is 3.93. The highest BCUT2D eigenvalue weighted by Crippen LogP contribution is 2.14. The molecule has 0 heterocycles. The molecule has 0 aromatic heterocycles. The van der Waals surface area contributed by atoms with Crippen molar-refractivity contribution in [3.05, 3.63) is 35.4 Å². The van der Waals surface area contributed by atoms with Gasteiger partial charge in [0.2, 0.25) is 0 Å². The number of benzene rings is 1. The van der Waals surface area contributed by atoms with Crippen LogP contribution in [0.15, 0.2) is 24.3 Å². The van der Waals surface area contributed by atoms with Crippen LogP contribution in [0.3, 0.4) is 0 Å². The zero-order valence-corrected chi connectivity index (χ0v) is 12.4. The summed E-state index contributed by atoms with van der Waals surface area (Å²) in [5, 5.41) is 3.42. The molecule has 102 valence electrons. The van der Waals surface area contributed by atoms with E-state index in [1.54, 1.807) is 0 Å². The second-order valence-corrected chi connectivity index (χ2v) is 5.22. The highest BCUT2D eigenvalue weighted by Gasteiger charge is 2.11. The molecule has 2 nitrogen and oxygen atoms in total. The zero-order chi connectivity index (χ0) is 13.4. The third kappa shape index (κ3) is 5.19. The number of likely N-dealkylation sites (N-methyl/N-ethyl adjacent to an activating group) is 2. The first kappa shape index (κ1) is 15.2. The van der Waals surface area contributed by atoms with Crippen LogP contribution in [0, 0.1) is 6.92 Å². The van der Waals surface area contributed by atoms with Crippen LogP contribution in [0.25, 0.3) is 0 Å². The molecule has 1 atom stereocenters. The van der Waals surface area contributed by atoms with E-state index in [1.165, 1.54) is 36.9 Å². The summed E-state index contributed by atoms with van der Waals surface area (Å²) in [7, 11) is 4.26. The average molecular weight is 248 g/mol. The number of rotatable bonds is 8. The van der Waals surface area contributed by atoms with E-state index in [0.29, 0.717) is 6.04 Å². The molecule has 0 spiro atoms. The van der Waals surface area contributed by atoms with E-state index in [0.717, 1.165) is 6.54 Å². The van der Waals surface area contributed by atoms with Crippen molar-refractivity contribution in [3.63, 3.8) is 0 Å². The van der Waals surface area contributed by atoms with Crippen molar-refractivity contribution in [2.24, 2.45) is 0 Å². The number of nitrogens with zero attached hydrogens (tertiary/aromatic N) is 1. The number of hydrogen-bond donors (Lipinski definition) is 1. The summed E-state index contributed by atoms with van der Waals surface area (Å²) in [5.74, 6) is 0. The Morgan fingerprint density at radius 2 is 1.83 bits per heavy atom. The Balaban J connectivity index is 2.48. The highest BCUT2D eigenvalue weighted by molar-refractivity contribution is 5.24. The molecular weight excluding hydrogens is 220 g/mol. The third-order valence-electron chi connectivity index (χ3n) is 3.47. The predicted octanol–water partition coefficient (Wildman–Crippen LogP) is 3.38. The Morgan fingerprint density at radius 3 is 2.39 bits per heavy atom. The van der Waals surface area contributed by atoms with Gasteiger partial charge in [-0.2, -0.15) is 0 Å². The first-order valence-electron chi connectivity index (χ1n) is 7.09. The molecule has 0 fully saturated rings. The van der Waals surface area contributed by atoms with Crippen LogP contribution >= 0.6 is 0 Å². The van der Waals surface area contributed by atoms with E-state index >= 15 is 0 Å². The maximum absolute atomic E-state index is 3.42. The number of nitrogens with one attached hydrogen (secondary N) is 1. The molecule has 1 rings (SSSR count). The SMILES string of the molecule is CCCCCN(C)CC(NC)c1ccc(C)cc1. The van der Waals surface area contributed by atoms with Gasteiger partial charge in [-0.25, -0.2) is 0 Å². The second kappa shape index (κ2) is 8.28. The lowest BCUT2D eigenvalue weighted by Gasteiger charge is -2.24. The van der Waals surface area contributed by atoms with E-state index in [4.69, 9.17) is 0 Å². The lowest BCUT2D eigenvalue weighted by atomic mass is 10.0. The van der Waals surface area contributed by atoms with E-state index in [2.05, 4.69) is 55.4 Å². The molecule has 0 bridgehead atoms. The lowest BCUT2D eigenvalue weighted by molar-refractivity contribution is 0.290. The molecule has 0 saturated carbocycles. The van der Waals surface area contributed by atoms with Gasteiger partial charge in [-0.15, -0.1) is 0 Å². The molecule has 0 aliphatic heterocycles. The Kier molecular flexibility index (Phi) is 6.99. The Hall–Kier alpha value is -0.860. The fourth-order valence-corrected chi connectivity index (χ4v) is 2.20. The van der Waals surface area contributed by atoms with Gasteiger partial charge < -0.3 is 10.2 Å². The molecule has 1 unspecified atom stereocenters. The molecule has 0 saturated heterocycles. The predicted molar refractivity (Wildman–Crippen MR) is 80.0 cm³/mol. The van der Waals surface area contributed by atoms with E-state index in [-0.39, 0.29) is 0 Å². The Bertz CT molecular complexity index is 318. The van der Waals surface area contributed by atoms with Gasteiger partial charge >= 0.3 is 0 Å². The summed E-state index contributed by atoms with van der Waals surface area (Å²) in [5.41, 5.74) is 2.70. The number of unbranched alkanes of at least 4 members (excludes halogenated alkanes) is 2. The highest BCUT2D eigenvalue weighted by atomic mass is 15.1. The van der Waals surface area contributed by atoms with Gasteiger partial charge in [0.05, 0.1) is 0 Å². The average Bonchev–Trinajstić information content (AvgIpc) is 2.37. The summed E-state index contributed by atoms with van der Waals surface area (Å²) < 4.78 is 0. The topological polar surface area (TPSA) is 15.3 Å². The molecule has 0 aliphatic carbocycles. The summed E-state index contributed by atoms with van der Waals surface area (Å²) in [6.45, 7) is 6.65. The summed E-state index contributed by atoms with van der Waals surface area (Å²) >= 11 is 0. The summed E-state index contributed by atoms with van der Waals surface area (Å²) in [4.78, 5) is 2.43. The molecule has 1 N–H and O–H groups in total. The zero-order valence-electron chi connectivity index (χ0n) is 12.4. The molecule has 0 aliphatic rings. The molecular formula is C16H28N2. The molecule has 0 radical (unpaired) electrons. The van der Waals surface area contributed by atoms with Crippen molar-refractivity contribution in [2.45, 2.75) is 39.2 Å². The van der Waals surface area contributed by atoms with E-state index in [1.807, 2.05) is 7.05 Å². The second-order valence-electron chi connectivity index (χ2n) is 5.22. The van der Waals surface area contributed by atoms with Crippen LogP contribution in [0.2, 0.25) is 0 Å². The van der Waals surface area contributed by atoms with E-state index in [9.17, 15) is 0 Å². The smallest absolute Gasteiger partial charge is 0.0446 e. The minimum Gasteiger partial charge on any atom is -0.312 e. The molecule has 2 heteroatoms. The third-order valence-corrected chi connectivity index (χ3v) is 3.47. The maximum Gasteiger partial charge on any atom is 0.0446 e. The van der Waals surface area contributed by atoms with Crippen LogP contribution in [0.1, 0.15) is 43.4 Å². The van der Waals surface area contributed by atoms with E-state index < -0.39 is 0 Å². The standard InChI is InChI=1S/C16H28N2/c1-5-6-7-12-18(4)13-16(17-3)15-10-8-14(2)9-11-15/h8-11,16-17H,5-7,12-13H2,1-4H3. The molecule has 18 heavy (non-hydrogen) atoms. The van der Waals surface area contributed by atoms with Crippen LogP contribution in [-0.4, -0.2) is 32.1 Å². The van der Waals surface area contributed by atoms with Gasteiger partial charge in [0.25, 0.3) is 0 Å². The van der Waals surface area contributed by atoms with Crippen molar-refractivity contribution in [2.75, 3.05) is 27.2 Å². The van der Waals surface area contributed by atoms with Crippen molar-refractivity contribution < 1.29 is 0 Å². The Morgan fingerprint density at radius 1 is 1.17 bits per heavy atom. The normalized spacial score (nSPS) is 12.9. The van der Waals surface area contributed by atoms with Crippen molar-refractivity contribution >= 4 is 0 Å². The van der Waals surface area contributed by atoms with Crippen molar-refractivity contribution in [1.82, 2.24) is 10.2 Å². The summed E-state index contributed by atoms with van der Waals surface area (Å²) in [6, 6.07) is 9.28. The number of aryl methyl sites for hydroxylation is 1. The quantitative estimate of drug-likeness (QED) is 0.710. The molecule has 1 aromatic rings.